The Labute approximate surface area is 179 Å². The molecule has 0 aromatic heterocycles. The zero-order valence-electron chi connectivity index (χ0n) is 18.2. The van der Waals surface area contributed by atoms with Gasteiger partial charge in [0.05, 0.1) is 18.3 Å². The number of benzene rings is 2. The van der Waals surface area contributed by atoms with Crippen LogP contribution in [-0.4, -0.2) is 50.5 Å². The van der Waals surface area contributed by atoms with E-state index >= 15 is 0 Å². The molecule has 0 heterocycles. The molecule has 0 aliphatic carbocycles. The molecule has 2 rings (SSSR count). The molecule has 0 radical (unpaired) electrons. The van der Waals surface area contributed by atoms with Crippen molar-refractivity contribution in [3.05, 3.63) is 65.2 Å². The molecule has 0 saturated carbocycles. The highest BCUT2D eigenvalue weighted by atomic mass is 16.5. The first-order chi connectivity index (χ1) is 14.5. The largest absolute Gasteiger partial charge is 0.490 e. The molecular weight excluding hydrogens is 380 g/mol. The number of amides is 1. The molecule has 0 aliphatic rings. The fourth-order valence-electron chi connectivity index (χ4n) is 3.11. The SMILES string of the molecule is CCOCCOc1ccc(C(O)CNC(C)CCc2ccccc2)cc1C(=O)NC. The lowest BCUT2D eigenvalue weighted by Gasteiger charge is -2.19. The van der Waals surface area contributed by atoms with Crippen LogP contribution >= 0.6 is 0 Å². The first-order valence-corrected chi connectivity index (χ1v) is 10.6. The molecular formula is C24H34N2O4. The molecule has 6 nitrogen and oxygen atoms in total. The fourth-order valence-corrected chi connectivity index (χ4v) is 3.11. The lowest BCUT2D eigenvalue weighted by Crippen LogP contribution is -2.31. The summed E-state index contributed by atoms with van der Waals surface area (Å²) in [5, 5.41) is 16.6. The average Bonchev–Trinajstić information content (AvgIpc) is 2.79. The van der Waals surface area contributed by atoms with Gasteiger partial charge in [-0.2, -0.15) is 0 Å². The van der Waals surface area contributed by atoms with Crippen LogP contribution in [0, 0.1) is 0 Å². The summed E-state index contributed by atoms with van der Waals surface area (Å²) >= 11 is 0. The van der Waals surface area contributed by atoms with Crippen LogP contribution in [0.3, 0.4) is 0 Å². The highest BCUT2D eigenvalue weighted by Crippen LogP contribution is 2.24. The van der Waals surface area contributed by atoms with Gasteiger partial charge in [0.2, 0.25) is 0 Å². The van der Waals surface area contributed by atoms with E-state index in [1.807, 2.05) is 25.1 Å². The number of nitrogens with one attached hydrogen (secondary N) is 2. The predicted molar refractivity (Wildman–Crippen MR) is 119 cm³/mol. The number of hydrogen-bond acceptors (Lipinski definition) is 5. The van der Waals surface area contributed by atoms with Gasteiger partial charge >= 0.3 is 0 Å². The second kappa shape index (κ2) is 13.0. The Balaban J connectivity index is 1.92. The van der Waals surface area contributed by atoms with Gasteiger partial charge in [-0.1, -0.05) is 36.4 Å². The highest BCUT2D eigenvalue weighted by Gasteiger charge is 2.16. The third-order valence-corrected chi connectivity index (χ3v) is 4.92. The molecule has 30 heavy (non-hydrogen) atoms. The zero-order chi connectivity index (χ0) is 21.8. The molecule has 3 N–H and O–H groups in total. The first-order valence-electron chi connectivity index (χ1n) is 10.6. The lowest BCUT2D eigenvalue weighted by molar-refractivity contribution is 0.0944. The Hall–Kier alpha value is -2.41. The van der Waals surface area contributed by atoms with Crippen molar-refractivity contribution in [3.63, 3.8) is 0 Å². The van der Waals surface area contributed by atoms with E-state index in [0.29, 0.717) is 43.2 Å². The number of rotatable bonds is 13. The lowest BCUT2D eigenvalue weighted by atomic mass is 10.0. The second-order valence-electron chi connectivity index (χ2n) is 7.23. The van der Waals surface area contributed by atoms with E-state index < -0.39 is 6.10 Å². The summed E-state index contributed by atoms with van der Waals surface area (Å²) in [6.45, 7) is 5.88. The van der Waals surface area contributed by atoms with Crippen molar-refractivity contribution in [2.24, 2.45) is 0 Å². The summed E-state index contributed by atoms with van der Waals surface area (Å²) in [7, 11) is 1.57. The maximum Gasteiger partial charge on any atom is 0.254 e. The average molecular weight is 415 g/mol. The zero-order valence-corrected chi connectivity index (χ0v) is 18.2. The Morgan fingerprint density at radius 1 is 1.13 bits per heavy atom. The standard InChI is InChI=1S/C24H34N2O4/c1-4-29-14-15-30-23-13-12-20(16-21(23)24(28)25-3)22(27)17-26-18(2)10-11-19-8-6-5-7-9-19/h5-9,12-13,16,18,22,26-27H,4,10-11,14-15,17H2,1-3H3,(H,25,28). The van der Waals surface area contributed by atoms with E-state index in [1.165, 1.54) is 5.56 Å². The minimum atomic E-state index is -0.718. The number of ether oxygens (including phenoxy) is 2. The van der Waals surface area contributed by atoms with Crippen molar-refractivity contribution < 1.29 is 19.4 Å². The van der Waals surface area contributed by atoms with Crippen LogP contribution in [0.2, 0.25) is 0 Å². The van der Waals surface area contributed by atoms with Gasteiger partial charge in [0.15, 0.2) is 0 Å². The Morgan fingerprint density at radius 3 is 2.60 bits per heavy atom. The molecule has 1 amide bonds. The van der Waals surface area contributed by atoms with Crippen molar-refractivity contribution in [2.75, 3.05) is 33.4 Å². The van der Waals surface area contributed by atoms with E-state index in [-0.39, 0.29) is 11.9 Å². The van der Waals surface area contributed by atoms with Crippen LogP contribution in [0.4, 0.5) is 0 Å². The Bertz CT molecular complexity index is 767. The minimum absolute atomic E-state index is 0.250. The Morgan fingerprint density at radius 2 is 1.90 bits per heavy atom. The maximum absolute atomic E-state index is 12.3. The number of aryl methyl sites for hydroxylation is 1. The summed E-state index contributed by atoms with van der Waals surface area (Å²) < 4.78 is 11.0. The molecule has 2 aromatic rings. The van der Waals surface area contributed by atoms with Crippen molar-refractivity contribution in [1.29, 1.82) is 0 Å². The topological polar surface area (TPSA) is 79.8 Å². The molecule has 0 fully saturated rings. The van der Waals surface area contributed by atoms with Crippen molar-refractivity contribution >= 4 is 5.91 Å². The van der Waals surface area contributed by atoms with Crippen LogP contribution in [-0.2, 0) is 11.2 Å². The Kier molecular flexibility index (Phi) is 10.3. The van der Waals surface area contributed by atoms with Crippen LogP contribution in [0.1, 0.15) is 47.9 Å². The number of hydrogen-bond donors (Lipinski definition) is 3. The van der Waals surface area contributed by atoms with Crippen LogP contribution in [0.15, 0.2) is 48.5 Å². The van der Waals surface area contributed by atoms with E-state index in [1.54, 1.807) is 25.2 Å². The van der Waals surface area contributed by atoms with Crippen molar-refractivity contribution in [2.45, 2.75) is 38.8 Å². The number of aliphatic hydroxyl groups excluding tert-OH is 1. The van der Waals surface area contributed by atoms with Gasteiger partial charge in [-0.25, -0.2) is 0 Å². The molecule has 164 valence electrons. The normalized spacial score (nSPS) is 12.9. The summed E-state index contributed by atoms with van der Waals surface area (Å²) in [5.41, 5.74) is 2.39. The van der Waals surface area contributed by atoms with Crippen LogP contribution < -0.4 is 15.4 Å². The summed E-state index contributed by atoms with van der Waals surface area (Å²) in [6.07, 6.45) is 1.25. The fraction of sp³-hybridized carbons (Fsp3) is 0.458. The van der Waals surface area contributed by atoms with E-state index in [9.17, 15) is 9.90 Å². The minimum Gasteiger partial charge on any atom is -0.490 e. The van der Waals surface area contributed by atoms with Gasteiger partial charge in [-0.15, -0.1) is 0 Å². The molecule has 2 atom stereocenters. The van der Waals surface area contributed by atoms with Gasteiger partial charge in [-0.05, 0) is 49.9 Å². The summed E-state index contributed by atoms with van der Waals surface area (Å²) in [5.74, 6) is 0.230. The number of aliphatic hydroxyl groups is 1. The first kappa shape index (κ1) is 23.9. The maximum atomic E-state index is 12.3. The molecule has 0 saturated heterocycles. The van der Waals surface area contributed by atoms with Gasteiger partial charge in [0.25, 0.3) is 5.91 Å². The molecule has 2 unspecified atom stereocenters. The van der Waals surface area contributed by atoms with Crippen molar-refractivity contribution in [3.8, 4) is 5.75 Å². The van der Waals surface area contributed by atoms with Crippen LogP contribution in [0.25, 0.3) is 0 Å². The quantitative estimate of drug-likeness (QED) is 0.439. The van der Waals surface area contributed by atoms with E-state index in [2.05, 4.69) is 29.7 Å². The smallest absolute Gasteiger partial charge is 0.254 e. The molecule has 6 heteroatoms. The third-order valence-electron chi connectivity index (χ3n) is 4.92. The van der Waals surface area contributed by atoms with Crippen molar-refractivity contribution in [1.82, 2.24) is 10.6 Å². The number of carbonyl (C=O) groups excluding carboxylic acids is 1. The van der Waals surface area contributed by atoms with Gasteiger partial charge in [0, 0.05) is 26.2 Å². The van der Waals surface area contributed by atoms with Gasteiger partial charge < -0.3 is 25.2 Å². The summed E-state index contributed by atoms with van der Waals surface area (Å²) in [4.78, 5) is 12.3. The predicted octanol–water partition coefficient (Wildman–Crippen LogP) is 3.11. The molecule has 0 bridgehead atoms. The van der Waals surface area contributed by atoms with Gasteiger partial charge in [-0.3, -0.25) is 4.79 Å². The monoisotopic (exact) mass is 414 g/mol. The number of carbonyl (C=O) groups is 1. The van der Waals surface area contributed by atoms with E-state index in [0.717, 1.165) is 12.8 Å². The van der Waals surface area contributed by atoms with Gasteiger partial charge in [0.1, 0.15) is 12.4 Å². The second-order valence-corrected chi connectivity index (χ2v) is 7.23. The van der Waals surface area contributed by atoms with E-state index in [4.69, 9.17) is 9.47 Å². The van der Waals surface area contributed by atoms with Crippen LogP contribution in [0.5, 0.6) is 5.75 Å². The third kappa shape index (κ3) is 7.78. The highest BCUT2D eigenvalue weighted by molar-refractivity contribution is 5.97. The molecule has 0 aliphatic heterocycles. The molecule has 0 spiro atoms. The summed E-state index contributed by atoms with van der Waals surface area (Å²) in [6, 6.07) is 15.8. The molecule has 2 aromatic carbocycles.